The van der Waals surface area contributed by atoms with E-state index in [1.54, 1.807) is 25.1 Å². The molecule has 0 unspecified atom stereocenters. The van der Waals surface area contributed by atoms with Gasteiger partial charge in [0.15, 0.2) is 11.6 Å². The third kappa shape index (κ3) is 4.10. The molecule has 1 atom stereocenters. The molecule has 0 amide bonds. The molecule has 2 rings (SSSR count). The molecule has 0 bridgehead atoms. The lowest BCUT2D eigenvalue weighted by Gasteiger charge is -2.16. The summed E-state index contributed by atoms with van der Waals surface area (Å²) in [6, 6.07) is 8.56. The van der Waals surface area contributed by atoms with Gasteiger partial charge >= 0.3 is 0 Å². The van der Waals surface area contributed by atoms with Crippen molar-refractivity contribution in [3.63, 3.8) is 0 Å². The molecule has 0 aromatic heterocycles. The minimum absolute atomic E-state index is 0.118. The minimum atomic E-state index is -3.70. The Morgan fingerprint density at radius 2 is 1.91 bits per heavy atom. The van der Waals surface area contributed by atoms with Gasteiger partial charge in [-0.15, -0.1) is 0 Å². The highest BCUT2D eigenvalue weighted by molar-refractivity contribution is 9.10. The number of hydrogen-bond acceptors (Lipinski definition) is 3. The number of benzene rings is 2. The van der Waals surface area contributed by atoms with E-state index in [0.29, 0.717) is 5.56 Å². The smallest absolute Gasteiger partial charge is 0.241 e. The van der Waals surface area contributed by atoms with Crippen molar-refractivity contribution in [2.75, 3.05) is 7.11 Å². The molecule has 124 valence electrons. The largest absolute Gasteiger partial charge is 0.494 e. The zero-order valence-corrected chi connectivity index (χ0v) is 15.3. The highest BCUT2D eigenvalue weighted by atomic mass is 79.9. The third-order valence-electron chi connectivity index (χ3n) is 3.45. The molecule has 0 saturated carbocycles. The molecule has 0 radical (unpaired) electrons. The first-order chi connectivity index (χ1) is 10.7. The molecule has 23 heavy (non-hydrogen) atoms. The Morgan fingerprint density at radius 3 is 2.48 bits per heavy atom. The van der Waals surface area contributed by atoms with Gasteiger partial charge in [-0.3, -0.25) is 0 Å². The van der Waals surface area contributed by atoms with Crippen LogP contribution in [0.4, 0.5) is 4.39 Å². The van der Waals surface area contributed by atoms with Gasteiger partial charge in [-0.05, 0) is 55.3 Å². The summed E-state index contributed by atoms with van der Waals surface area (Å²) in [5.74, 6) is -0.414. The van der Waals surface area contributed by atoms with Crippen molar-refractivity contribution >= 4 is 26.0 Å². The van der Waals surface area contributed by atoms with Gasteiger partial charge in [0.1, 0.15) is 0 Å². The van der Waals surface area contributed by atoms with Crippen molar-refractivity contribution in [2.24, 2.45) is 0 Å². The van der Waals surface area contributed by atoms with Gasteiger partial charge in [0.25, 0.3) is 0 Å². The van der Waals surface area contributed by atoms with E-state index in [1.165, 1.54) is 25.3 Å². The van der Waals surface area contributed by atoms with Gasteiger partial charge in [0, 0.05) is 10.5 Å². The number of aryl methyl sites for hydroxylation is 1. The molecule has 0 heterocycles. The van der Waals surface area contributed by atoms with Crippen LogP contribution in [-0.2, 0) is 10.0 Å². The quantitative estimate of drug-likeness (QED) is 0.824. The first-order valence-electron chi connectivity index (χ1n) is 6.86. The Balaban J connectivity index is 2.25. The first-order valence-corrected chi connectivity index (χ1v) is 9.14. The van der Waals surface area contributed by atoms with Crippen LogP contribution in [0.3, 0.4) is 0 Å². The molecule has 1 N–H and O–H groups in total. The van der Waals surface area contributed by atoms with E-state index in [0.717, 1.165) is 10.0 Å². The van der Waals surface area contributed by atoms with Gasteiger partial charge in [0.2, 0.25) is 10.0 Å². The number of nitrogens with one attached hydrogen (secondary N) is 1. The van der Waals surface area contributed by atoms with Crippen molar-refractivity contribution in [2.45, 2.75) is 24.8 Å². The summed E-state index contributed by atoms with van der Waals surface area (Å²) in [4.78, 5) is 0.166. The van der Waals surface area contributed by atoms with E-state index in [2.05, 4.69) is 20.7 Å². The molecular formula is C16H17BrFNO3S. The molecule has 0 aliphatic heterocycles. The highest BCUT2D eigenvalue weighted by Gasteiger charge is 2.19. The molecule has 0 aliphatic carbocycles. The molecule has 4 nitrogen and oxygen atoms in total. The van der Waals surface area contributed by atoms with Gasteiger partial charge in [0.05, 0.1) is 12.0 Å². The number of methoxy groups -OCH3 is 1. The number of sulfonamides is 1. The number of rotatable bonds is 5. The minimum Gasteiger partial charge on any atom is -0.494 e. The monoisotopic (exact) mass is 401 g/mol. The van der Waals surface area contributed by atoms with Gasteiger partial charge < -0.3 is 4.74 Å². The normalized spacial score (nSPS) is 12.9. The van der Waals surface area contributed by atoms with Crippen LogP contribution in [-0.4, -0.2) is 15.5 Å². The fourth-order valence-electron chi connectivity index (χ4n) is 2.11. The summed E-state index contributed by atoms with van der Waals surface area (Å²) in [5.41, 5.74) is 1.33. The lowest BCUT2D eigenvalue weighted by molar-refractivity contribution is 0.386. The van der Waals surface area contributed by atoms with Crippen LogP contribution in [0.5, 0.6) is 5.75 Å². The van der Waals surface area contributed by atoms with E-state index in [1.807, 2.05) is 6.92 Å². The van der Waals surface area contributed by atoms with Crippen LogP contribution in [0.25, 0.3) is 0 Å². The van der Waals surface area contributed by atoms with Gasteiger partial charge in [-0.25, -0.2) is 17.5 Å². The fourth-order valence-corrected chi connectivity index (χ4v) is 3.67. The third-order valence-corrected chi connectivity index (χ3v) is 5.88. The molecule has 2 aromatic rings. The summed E-state index contributed by atoms with van der Waals surface area (Å²) in [6.07, 6.45) is 0. The van der Waals surface area contributed by atoms with Crippen LogP contribution < -0.4 is 9.46 Å². The Hall–Kier alpha value is -1.44. The van der Waals surface area contributed by atoms with Crippen LogP contribution in [0.2, 0.25) is 0 Å². The second kappa shape index (κ2) is 6.98. The predicted octanol–water partition coefficient (Wildman–Crippen LogP) is 3.94. The van der Waals surface area contributed by atoms with Crippen LogP contribution in [0.15, 0.2) is 45.8 Å². The van der Waals surface area contributed by atoms with E-state index in [-0.39, 0.29) is 10.6 Å². The zero-order valence-electron chi connectivity index (χ0n) is 12.9. The average molecular weight is 402 g/mol. The van der Waals surface area contributed by atoms with Crippen molar-refractivity contribution in [3.05, 3.63) is 57.8 Å². The van der Waals surface area contributed by atoms with Gasteiger partial charge in [-0.1, -0.05) is 22.0 Å². The zero-order chi connectivity index (χ0) is 17.2. The lowest BCUT2D eigenvalue weighted by atomic mass is 10.1. The van der Waals surface area contributed by atoms with E-state index in [9.17, 15) is 12.8 Å². The fraction of sp³-hybridized carbons (Fsp3) is 0.250. The number of ether oxygens (including phenoxy) is 1. The summed E-state index contributed by atoms with van der Waals surface area (Å²) in [7, 11) is -2.32. The molecule has 0 fully saturated rings. The molecule has 0 aliphatic rings. The predicted molar refractivity (Wildman–Crippen MR) is 90.6 cm³/mol. The summed E-state index contributed by atoms with van der Waals surface area (Å²) < 4.78 is 46.9. The second-order valence-corrected chi connectivity index (χ2v) is 7.72. The summed E-state index contributed by atoms with van der Waals surface area (Å²) in [5, 5.41) is 0. The van der Waals surface area contributed by atoms with Crippen molar-refractivity contribution in [1.29, 1.82) is 0 Å². The Kier molecular flexibility index (Phi) is 5.44. The molecule has 0 saturated heterocycles. The maximum atomic E-state index is 13.8. The SMILES string of the molecule is COc1ccc([C@H](C)NS(=O)(=O)c2ccc(Br)c(C)c2)cc1F. The van der Waals surface area contributed by atoms with Crippen molar-refractivity contribution in [1.82, 2.24) is 4.72 Å². The number of halogens is 2. The molecule has 7 heteroatoms. The molecule has 2 aromatic carbocycles. The van der Waals surface area contributed by atoms with Gasteiger partial charge in [-0.2, -0.15) is 0 Å². The van der Waals surface area contributed by atoms with Crippen molar-refractivity contribution < 1.29 is 17.5 Å². The number of hydrogen-bond donors (Lipinski definition) is 1. The van der Waals surface area contributed by atoms with E-state index in [4.69, 9.17) is 4.74 Å². The Bertz CT molecular complexity index is 824. The topological polar surface area (TPSA) is 55.4 Å². The lowest BCUT2D eigenvalue weighted by Crippen LogP contribution is -2.27. The molecule has 0 spiro atoms. The summed E-state index contributed by atoms with van der Waals surface area (Å²) >= 11 is 3.34. The molecular weight excluding hydrogens is 385 g/mol. The average Bonchev–Trinajstić information content (AvgIpc) is 2.49. The summed E-state index contributed by atoms with van der Waals surface area (Å²) in [6.45, 7) is 3.47. The Labute approximate surface area is 143 Å². The Morgan fingerprint density at radius 1 is 1.22 bits per heavy atom. The maximum absolute atomic E-state index is 13.8. The first kappa shape index (κ1) is 17.9. The van der Waals surface area contributed by atoms with Crippen LogP contribution in [0.1, 0.15) is 24.1 Å². The van der Waals surface area contributed by atoms with E-state index < -0.39 is 21.9 Å². The van der Waals surface area contributed by atoms with E-state index >= 15 is 0 Å². The highest BCUT2D eigenvalue weighted by Crippen LogP contribution is 2.24. The standard InChI is InChI=1S/C16H17BrFNO3S/c1-10-8-13(5-6-14(10)17)23(20,21)19-11(2)12-4-7-16(22-3)15(18)9-12/h4-9,11,19H,1-3H3/t11-/m0/s1. The van der Waals surface area contributed by atoms with Crippen LogP contribution >= 0.6 is 15.9 Å². The van der Waals surface area contributed by atoms with Crippen molar-refractivity contribution in [3.8, 4) is 5.75 Å². The maximum Gasteiger partial charge on any atom is 0.241 e. The second-order valence-electron chi connectivity index (χ2n) is 5.15. The van der Waals surface area contributed by atoms with Crippen LogP contribution in [0, 0.1) is 12.7 Å².